The van der Waals surface area contributed by atoms with E-state index < -0.39 is 6.04 Å². The molecule has 0 radical (unpaired) electrons. The number of carbonyl (C=O) groups excluding carboxylic acids is 2. The van der Waals surface area contributed by atoms with Crippen LogP contribution in [0.15, 0.2) is 0 Å². The van der Waals surface area contributed by atoms with Crippen LogP contribution in [0.25, 0.3) is 0 Å². The Balaban J connectivity index is 0.00000312. The third-order valence-corrected chi connectivity index (χ3v) is 5.21. The smallest absolute Gasteiger partial charge is 0.239 e. The first kappa shape index (κ1) is 25.4. The highest BCUT2D eigenvalue weighted by atomic mass is 35.5. The van der Waals surface area contributed by atoms with E-state index in [0.29, 0.717) is 31.6 Å². The summed E-state index contributed by atoms with van der Waals surface area (Å²) in [7, 11) is 0. The summed E-state index contributed by atoms with van der Waals surface area (Å²) < 4.78 is 0. The molecule has 2 saturated heterocycles. The zero-order chi connectivity index (χ0) is 17.7. The maximum absolute atomic E-state index is 12.5. The molecule has 2 heterocycles. The molecule has 2 aliphatic heterocycles. The summed E-state index contributed by atoms with van der Waals surface area (Å²) in [6.07, 6.45) is 4.18. The predicted molar refractivity (Wildman–Crippen MR) is 110 cm³/mol. The van der Waals surface area contributed by atoms with E-state index in [0.717, 1.165) is 38.9 Å². The number of piperazine rings is 1. The van der Waals surface area contributed by atoms with Crippen LogP contribution < -0.4 is 5.73 Å². The molecule has 6 nitrogen and oxygen atoms in total. The molecule has 2 N–H and O–H groups in total. The van der Waals surface area contributed by atoms with Crippen LogP contribution in [0.1, 0.15) is 46.5 Å². The van der Waals surface area contributed by atoms with Crippen LogP contribution in [-0.2, 0) is 9.59 Å². The largest absolute Gasteiger partial charge is 0.339 e. The standard InChI is InChI=1S/C18H34N4O2.2ClH/c1-14(2)12-16(19)18(24)21-10-8-20(9-11-21)13-17(23)22-7-5-4-6-15(22)3;;/h14-16H,4-13,19H2,1-3H3;2*1H/t15?,16-;;/m0../s1. The summed E-state index contributed by atoms with van der Waals surface area (Å²) >= 11 is 0. The lowest BCUT2D eigenvalue weighted by molar-refractivity contribution is -0.137. The Bertz CT molecular complexity index is 443. The predicted octanol–water partition coefficient (Wildman–Crippen LogP) is 1.75. The van der Waals surface area contributed by atoms with Gasteiger partial charge >= 0.3 is 0 Å². The van der Waals surface area contributed by atoms with Crippen molar-refractivity contribution in [3.8, 4) is 0 Å². The Hall–Kier alpha value is -0.560. The Labute approximate surface area is 170 Å². The van der Waals surface area contributed by atoms with Gasteiger partial charge in [-0.25, -0.2) is 0 Å². The van der Waals surface area contributed by atoms with Gasteiger partial charge in [-0.1, -0.05) is 13.8 Å². The molecule has 0 aromatic rings. The molecule has 0 spiro atoms. The molecule has 0 aliphatic carbocycles. The van der Waals surface area contributed by atoms with E-state index in [1.807, 2.05) is 9.80 Å². The molecule has 0 bridgehead atoms. The summed E-state index contributed by atoms with van der Waals surface area (Å²) in [6, 6.07) is -0.0319. The minimum Gasteiger partial charge on any atom is -0.339 e. The molecule has 154 valence electrons. The number of amides is 2. The van der Waals surface area contributed by atoms with Gasteiger partial charge in [-0.3, -0.25) is 14.5 Å². The third-order valence-electron chi connectivity index (χ3n) is 5.21. The van der Waals surface area contributed by atoms with E-state index in [2.05, 4.69) is 25.7 Å². The SMILES string of the molecule is CC(C)C[C@H](N)C(=O)N1CCN(CC(=O)N2CCCCC2C)CC1.Cl.Cl. The van der Waals surface area contributed by atoms with E-state index in [1.54, 1.807) is 0 Å². The van der Waals surface area contributed by atoms with Gasteiger partial charge in [0.2, 0.25) is 11.8 Å². The highest BCUT2D eigenvalue weighted by Gasteiger charge is 2.28. The van der Waals surface area contributed by atoms with Crippen molar-refractivity contribution < 1.29 is 9.59 Å². The summed E-state index contributed by atoms with van der Waals surface area (Å²) in [5.41, 5.74) is 6.01. The minimum atomic E-state index is -0.396. The fourth-order valence-electron chi connectivity index (χ4n) is 3.72. The number of likely N-dealkylation sites (tertiary alicyclic amines) is 1. The van der Waals surface area contributed by atoms with E-state index in [1.165, 1.54) is 6.42 Å². The Morgan fingerprint density at radius 2 is 1.65 bits per heavy atom. The van der Waals surface area contributed by atoms with Gasteiger partial charge < -0.3 is 15.5 Å². The van der Waals surface area contributed by atoms with Crippen LogP contribution in [0.4, 0.5) is 0 Å². The van der Waals surface area contributed by atoms with E-state index >= 15 is 0 Å². The number of rotatable bonds is 5. The number of piperidine rings is 1. The molecule has 0 saturated carbocycles. The van der Waals surface area contributed by atoms with Crippen LogP contribution in [0.5, 0.6) is 0 Å². The summed E-state index contributed by atoms with van der Waals surface area (Å²) in [6.45, 7) is 10.5. The lowest BCUT2D eigenvalue weighted by Gasteiger charge is -2.38. The van der Waals surface area contributed by atoms with Gasteiger partial charge in [0, 0.05) is 38.8 Å². The first-order valence-electron chi connectivity index (χ1n) is 9.44. The lowest BCUT2D eigenvalue weighted by Crippen LogP contribution is -2.55. The third kappa shape index (κ3) is 7.22. The van der Waals surface area contributed by atoms with Gasteiger partial charge in [-0.2, -0.15) is 0 Å². The number of carbonyl (C=O) groups is 2. The van der Waals surface area contributed by atoms with Crippen LogP contribution >= 0.6 is 24.8 Å². The zero-order valence-electron chi connectivity index (χ0n) is 16.4. The average Bonchev–Trinajstić information content (AvgIpc) is 2.54. The average molecular weight is 411 g/mol. The number of nitrogens with two attached hydrogens (primary N) is 1. The molecular formula is C18H36Cl2N4O2. The normalized spacial score (nSPS) is 22.4. The fourth-order valence-corrected chi connectivity index (χ4v) is 3.72. The number of hydrogen-bond acceptors (Lipinski definition) is 4. The lowest BCUT2D eigenvalue weighted by atomic mass is 10.0. The number of nitrogens with zero attached hydrogens (tertiary/aromatic N) is 3. The molecule has 26 heavy (non-hydrogen) atoms. The van der Waals surface area contributed by atoms with Crippen molar-refractivity contribution in [1.29, 1.82) is 0 Å². The molecule has 1 unspecified atom stereocenters. The molecule has 2 fully saturated rings. The second kappa shape index (κ2) is 12.0. The second-order valence-electron chi connectivity index (χ2n) is 7.77. The molecule has 0 aromatic carbocycles. The van der Waals surface area contributed by atoms with Gasteiger partial charge in [0.05, 0.1) is 12.6 Å². The molecule has 8 heteroatoms. The summed E-state index contributed by atoms with van der Waals surface area (Å²) in [5.74, 6) is 0.715. The minimum absolute atomic E-state index is 0. The Morgan fingerprint density at radius 3 is 2.19 bits per heavy atom. The van der Waals surface area contributed by atoms with Crippen LogP contribution in [-0.4, -0.2) is 77.9 Å². The first-order chi connectivity index (χ1) is 11.4. The monoisotopic (exact) mass is 410 g/mol. The molecule has 2 amide bonds. The maximum Gasteiger partial charge on any atom is 0.239 e. The van der Waals surface area contributed by atoms with Crippen LogP contribution in [0, 0.1) is 5.92 Å². The molecule has 2 aliphatic rings. The van der Waals surface area contributed by atoms with Gasteiger partial charge in [-0.05, 0) is 38.5 Å². The molecular weight excluding hydrogens is 375 g/mol. The van der Waals surface area contributed by atoms with Crippen molar-refractivity contribution in [3.05, 3.63) is 0 Å². The van der Waals surface area contributed by atoms with Crippen molar-refractivity contribution in [1.82, 2.24) is 14.7 Å². The highest BCUT2D eigenvalue weighted by molar-refractivity contribution is 5.85. The van der Waals surface area contributed by atoms with Crippen LogP contribution in [0.2, 0.25) is 0 Å². The summed E-state index contributed by atoms with van der Waals surface area (Å²) in [5, 5.41) is 0. The van der Waals surface area contributed by atoms with Crippen molar-refractivity contribution in [2.75, 3.05) is 39.3 Å². The zero-order valence-corrected chi connectivity index (χ0v) is 18.0. The molecule has 2 rings (SSSR count). The maximum atomic E-state index is 12.5. The molecule has 0 aromatic heterocycles. The van der Waals surface area contributed by atoms with E-state index in [-0.39, 0.29) is 36.6 Å². The Kier molecular flexibility index (Phi) is 11.7. The van der Waals surface area contributed by atoms with Gasteiger partial charge in [0.25, 0.3) is 0 Å². The number of halogens is 2. The fraction of sp³-hybridized carbons (Fsp3) is 0.889. The topological polar surface area (TPSA) is 69.9 Å². The molecule has 2 atom stereocenters. The van der Waals surface area contributed by atoms with Gasteiger partial charge in [0.15, 0.2) is 0 Å². The van der Waals surface area contributed by atoms with Crippen molar-refractivity contribution in [3.63, 3.8) is 0 Å². The van der Waals surface area contributed by atoms with Gasteiger partial charge in [0.1, 0.15) is 0 Å². The first-order valence-corrected chi connectivity index (χ1v) is 9.44. The van der Waals surface area contributed by atoms with E-state index in [9.17, 15) is 9.59 Å². The van der Waals surface area contributed by atoms with Gasteiger partial charge in [-0.15, -0.1) is 24.8 Å². The summed E-state index contributed by atoms with van der Waals surface area (Å²) in [4.78, 5) is 30.9. The Morgan fingerprint density at radius 1 is 1.04 bits per heavy atom. The highest BCUT2D eigenvalue weighted by Crippen LogP contribution is 2.17. The van der Waals surface area contributed by atoms with Crippen molar-refractivity contribution >= 4 is 36.6 Å². The number of hydrogen-bond donors (Lipinski definition) is 1. The van der Waals surface area contributed by atoms with E-state index in [4.69, 9.17) is 5.73 Å². The second-order valence-corrected chi connectivity index (χ2v) is 7.77. The van der Waals surface area contributed by atoms with Crippen LogP contribution in [0.3, 0.4) is 0 Å². The quantitative estimate of drug-likeness (QED) is 0.749. The van der Waals surface area contributed by atoms with Crippen molar-refractivity contribution in [2.45, 2.75) is 58.5 Å². The van der Waals surface area contributed by atoms with Crippen molar-refractivity contribution in [2.24, 2.45) is 11.7 Å².